The summed E-state index contributed by atoms with van der Waals surface area (Å²) in [5, 5.41) is 15.5. The van der Waals surface area contributed by atoms with E-state index in [0.29, 0.717) is 0 Å². The van der Waals surface area contributed by atoms with E-state index in [4.69, 9.17) is 24.5 Å². The number of ether oxygens (including phenoxy) is 1. The molecule has 4 N–H and O–H groups in total. The van der Waals surface area contributed by atoms with Crippen molar-refractivity contribution in [1.29, 1.82) is 0 Å². The number of carboxylic acid groups (broad SMARTS) is 2. The van der Waals surface area contributed by atoms with Crippen LogP contribution in [0.2, 0.25) is 0 Å². The van der Waals surface area contributed by atoms with Gasteiger partial charge in [-0.25, -0.2) is 19.6 Å². The van der Waals surface area contributed by atoms with Crippen LogP contribution in [0, 0.1) is 6.92 Å². The van der Waals surface area contributed by atoms with Crippen LogP contribution >= 0.6 is 0 Å². The van der Waals surface area contributed by atoms with Crippen molar-refractivity contribution in [3.8, 4) is 11.3 Å². The molecule has 0 radical (unpaired) electrons. The molecule has 5 rings (SSSR count). The number of hydrogen-bond acceptors (Lipinski definition) is 6. The topological polar surface area (TPSA) is 144 Å². The van der Waals surface area contributed by atoms with E-state index in [9.17, 15) is 26.3 Å². The van der Waals surface area contributed by atoms with Crippen molar-refractivity contribution in [2.24, 2.45) is 0 Å². The summed E-state index contributed by atoms with van der Waals surface area (Å²) in [6, 6.07) is 11.0. The molecule has 1 aliphatic heterocycles. The summed E-state index contributed by atoms with van der Waals surface area (Å²) in [5.74, 6) is -4.63. The van der Waals surface area contributed by atoms with E-state index in [1.165, 1.54) is 10.9 Å². The molecule has 3 aromatic heterocycles. The summed E-state index contributed by atoms with van der Waals surface area (Å²) >= 11 is 0. The van der Waals surface area contributed by atoms with Gasteiger partial charge in [-0.2, -0.15) is 26.3 Å². The van der Waals surface area contributed by atoms with Crippen LogP contribution < -0.4 is 0 Å². The van der Waals surface area contributed by atoms with Crippen molar-refractivity contribution >= 4 is 34.0 Å². The molecule has 222 valence electrons. The number of nitrogens with one attached hydrogen (secondary N) is 2. The minimum atomic E-state index is -5.08. The first-order valence-electron chi connectivity index (χ1n) is 12.0. The Morgan fingerprint density at radius 3 is 2.17 bits per heavy atom. The molecular formula is C25H25F6N5O5. The minimum absolute atomic E-state index is 0.759. The Labute approximate surface area is 228 Å². The Hall–Kier alpha value is -4.18. The number of rotatable bonds is 4. The molecule has 10 nitrogen and oxygen atoms in total. The van der Waals surface area contributed by atoms with Crippen LogP contribution in [0.4, 0.5) is 26.3 Å². The van der Waals surface area contributed by atoms with Crippen molar-refractivity contribution in [3.05, 3.63) is 47.9 Å². The van der Waals surface area contributed by atoms with Crippen molar-refractivity contribution in [2.75, 3.05) is 32.8 Å². The second-order valence-corrected chi connectivity index (χ2v) is 8.79. The summed E-state index contributed by atoms with van der Waals surface area (Å²) in [5.41, 5.74) is 6.46. The lowest BCUT2D eigenvalue weighted by Gasteiger charge is -2.26. The van der Waals surface area contributed by atoms with Crippen molar-refractivity contribution in [2.45, 2.75) is 25.7 Å². The van der Waals surface area contributed by atoms with Crippen molar-refractivity contribution < 1.29 is 50.9 Å². The number of benzene rings is 1. The average molecular weight is 589 g/mol. The molecule has 0 bridgehead atoms. The molecule has 1 fully saturated rings. The average Bonchev–Trinajstić information content (AvgIpc) is 3.49. The van der Waals surface area contributed by atoms with Gasteiger partial charge in [0, 0.05) is 48.0 Å². The van der Waals surface area contributed by atoms with E-state index >= 15 is 0 Å². The fourth-order valence-corrected chi connectivity index (χ4v) is 3.85. The highest BCUT2D eigenvalue weighted by Crippen LogP contribution is 2.29. The second kappa shape index (κ2) is 13.0. The Balaban J connectivity index is 0.000000276. The van der Waals surface area contributed by atoms with E-state index < -0.39 is 24.3 Å². The lowest BCUT2D eigenvalue weighted by molar-refractivity contribution is -0.193. The van der Waals surface area contributed by atoms with Gasteiger partial charge >= 0.3 is 24.3 Å². The summed E-state index contributed by atoms with van der Waals surface area (Å²) in [6.07, 6.45) is -7.28. The zero-order chi connectivity index (χ0) is 30.4. The van der Waals surface area contributed by atoms with Gasteiger partial charge in [0.2, 0.25) is 0 Å². The monoisotopic (exact) mass is 589 g/mol. The SMILES string of the molecule is Cc1nc2nccc(-c3cc4cc(CCN5CCOCC5)ccc4[nH]3)c2[nH]1.O=C(O)C(F)(F)F.O=C(O)C(F)(F)F. The summed E-state index contributed by atoms with van der Waals surface area (Å²) < 4.78 is 68.9. The first-order valence-corrected chi connectivity index (χ1v) is 12.0. The molecule has 1 aromatic carbocycles. The number of morpholine rings is 1. The lowest BCUT2D eigenvalue weighted by atomic mass is 10.1. The van der Waals surface area contributed by atoms with Gasteiger partial charge in [0.25, 0.3) is 0 Å². The molecule has 0 atom stereocenters. The van der Waals surface area contributed by atoms with E-state index in [0.717, 1.165) is 73.0 Å². The highest BCUT2D eigenvalue weighted by molar-refractivity contribution is 5.94. The predicted molar refractivity (Wildman–Crippen MR) is 134 cm³/mol. The predicted octanol–water partition coefficient (Wildman–Crippen LogP) is 4.56. The molecule has 0 amide bonds. The largest absolute Gasteiger partial charge is 0.490 e. The molecule has 0 spiro atoms. The van der Waals surface area contributed by atoms with Crippen LogP contribution in [-0.2, 0) is 20.7 Å². The maximum Gasteiger partial charge on any atom is 0.490 e. The third-order valence-electron chi connectivity index (χ3n) is 5.79. The normalized spacial score (nSPS) is 14.2. The Morgan fingerprint density at radius 2 is 1.59 bits per heavy atom. The Bertz CT molecular complexity index is 1470. The number of nitrogens with zero attached hydrogens (tertiary/aromatic N) is 3. The van der Waals surface area contributed by atoms with Crippen LogP contribution in [0.25, 0.3) is 33.3 Å². The van der Waals surface area contributed by atoms with Gasteiger partial charge in [-0.05, 0) is 43.2 Å². The van der Waals surface area contributed by atoms with Gasteiger partial charge in [-0.15, -0.1) is 0 Å². The first-order chi connectivity index (χ1) is 19.1. The van der Waals surface area contributed by atoms with E-state index in [-0.39, 0.29) is 0 Å². The lowest BCUT2D eigenvalue weighted by Crippen LogP contribution is -2.37. The number of pyridine rings is 1. The van der Waals surface area contributed by atoms with Gasteiger partial charge < -0.3 is 24.9 Å². The first kappa shape index (κ1) is 31.3. The number of aliphatic carboxylic acids is 2. The minimum Gasteiger partial charge on any atom is -0.475 e. The highest BCUT2D eigenvalue weighted by Gasteiger charge is 2.38. The number of halogens is 6. The van der Waals surface area contributed by atoms with Gasteiger partial charge in [0.1, 0.15) is 5.82 Å². The molecule has 1 aliphatic rings. The van der Waals surface area contributed by atoms with Crippen LogP contribution in [0.5, 0.6) is 0 Å². The third kappa shape index (κ3) is 8.91. The zero-order valence-corrected chi connectivity index (χ0v) is 21.4. The Kier molecular flexibility index (Phi) is 9.93. The molecule has 4 aromatic rings. The third-order valence-corrected chi connectivity index (χ3v) is 5.79. The number of aromatic amines is 2. The number of H-pyrrole nitrogens is 2. The molecule has 16 heteroatoms. The number of aromatic nitrogens is 4. The number of carbonyl (C=O) groups is 2. The van der Waals surface area contributed by atoms with Crippen LogP contribution in [0.1, 0.15) is 11.4 Å². The number of fused-ring (bicyclic) bond motifs is 2. The number of aryl methyl sites for hydroxylation is 1. The van der Waals surface area contributed by atoms with Gasteiger partial charge in [0.05, 0.1) is 18.7 Å². The molecule has 0 aliphatic carbocycles. The summed E-state index contributed by atoms with van der Waals surface area (Å²) in [7, 11) is 0. The Morgan fingerprint density at radius 1 is 0.976 bits per heavy atom. The van der Waals surface area contributed by atoms with Crippen LogP contribution in [0.3, 0.4) is 0 Å². The van der Waals surface area contributed by atoms with Gasteiger partial charge in [-0.1, -0.05) is 6.07 Å². The van der Waals surface area contributed by atoms with Gasteiger partial charge in [0.15, 0.2) is 5.65 Å². The number of imidazole rings is 1. The van der Waals surface area contributed by atoms with Crippen molar-refractivity contribution in [3.63, 3.8) is 0 Å². The van der Waals surface area contributed by atoms with Crippen LogP contribution in [-0.4, -0.2) is 92.2 Å². The number of carboxylic acids is 2. The van der Waals surface area contributed by atoms with Crippen molar-refractivity contribution in [1.82, 2.24) is 24.8 Å². The molecule has 4 heterocycles. The smallest absolute Gasteiger partial charge is 0.475 e. The van der Waals surface area contributed by atoms with E-state index in [2.05, 4.69) is 49.1 Å². The quantitative estimate of drug-likeness (QED) is 0.254. The van der Waals surface area contributed by atoms with E-state index in [1.807, 2.05) is 19.2 Å². The number of alkyl halides is 6. The molecule has 0 saturated carbocycles. The maximum atomic E-state index is 10.6. The summed E-state index contributed by atoms with van der Waals surface area (Å²) in [4.78, 5) is 35.9. The highest BCUT2D eigenvalue weighted by atomic mass is 19.4. The number of hydrogen-bond donors (Lipinski definition) is 4. The molecule has 0 unspecified atom stereocenters. The standard InChI is InChI=1S/C21H23N5O.2C2HF3O2/c1-14-23-20-17(4-6-22-21(20)24-14)19-13-16-12-15(2-3-18(16)25-19)5-7-26-8-10-27-11-9-26;2*3-2(4,5)1(6)7/h2-4,6,12-13,25H,5,7-11H2,1H3,(H,22,23,24);2*(H,6,7). The summed E-state index contributed by atoms with van der Waals surface area (Å²) in [6.45, 7) is 6.83. The zero-order valence-electron chi connectivity index (χ0n) is 21.4. The van der Waals surface area contributed by atoms with Crippen LogP contribution in [0.15, 0.2) is 36.5 Å². The second-order valence-electron chi connectivity index (χ2n) is 8.79. The maximum absolute atomic E-state index is 10.6. The molecular weight excluding hydrogens is 564 g/mol. The fraction of sp³-hybridized carbons (Fsp3) is 0.360. The molecule has 1 saturated heterocycles. The fourth-order valence-electron chi connectivity index (χ4n) is 3.85. The molecule has 41 heavy (non-hydrogen) atoms. The van der Waals surface area contributed by atoms with E-state index in [1.54, 1.807) is 0 Å². The van der Waals surface area contributed by atoms with Gasteiger partial charge in [-0.3, -0.25) is 4.90 Å².